The Bertz CT molecular complexity index is 1070. The molecule has 27 heavy (non-hydrogen) atoms. The lowest BCUT2D eigenvalue weighted by Crippen LogP contribution is -2.31. The molecule has 3 rings (SSSR count). The van der Waals surface area contributed by atoms with Crippen LogP contribution < -0.4 is 16.6 Å². The Labute approximate surface area is 158 Å². The molecule has 2 N–H and O–H groups in total. The van der Waals surface area contributed by atoms with Crippen molar-refractivity contribution in [3.05, 3.63) is 56.0 Å². The van der Waals surface area contributed by atoms with Crippen molar-refractivity contribution in [2.24, 2.45) is 0 Å². The van der Waals surface area contributed by atoms with Crippen molar-refractivity contribution in [2.45, 2.75) is 60.2 Å². The Morgan fingerprint density at radius 3 is 2.59 bits per heavy atom. The number of nitrogens with one attached hydrogen (secondary N) is 2. The van der Waals surface area contributed by atoms with Gasteiger partial charge < -0.3 is 9.88 Å². The molecule has 2 heterocycles. The van der Waals surface area contributed by atoms with Gasteiger partial charge in [0.25, 0.3) is 5.56 Å². The minimum absolute atomic E-state index is 0.380. The lowest BCUT2D eigenvalue weighted by Gasteiger charge is -2.11. The fourth-order valence-corrected chi connectivity index (χ4v) is 3.40. The molecule has 0 amide bonds. The van der Waals surface area contributed by atoms with Crippen LogP contribution in [-0.4, -0.2) is 19.1 Å². The molecule has 0 fully saturated rings. The number of H-pyrrole nitrogens is 1. The molecule has 7 nitrogen and oxygen atoms in total. The highest BCUT2D eigenvalue weighted by atomic mass is 16.2. The number of hydrogen-bond donors (Lipinski definition) is 2. The minimum atomic E-state index is -0.393. The summed E-state index contributed by atoms with van der Waals surface area (Å²) in [4.78, 5) is 31.8. The average Bonchev–Trinajstić information content (AvgIpc) is 2.99. The lowest BCUT2D eigenvalue weighted by molar-refractivity contribution is 0.613. The molecule has 2 aromatic heterocycles. The third-order valence-electron chi connectivity index (χ3n) is 4.83. The standard InChI is InChI=1S/C20H27N5O2/c1-5-7-10-25-18-17(19(26)23-20(25)27)24(6-2)16(22-18)12-21-15-9-8-13(3)11-14(15)4/h8-9,11,21H,5-7,10,12H2,1-4H3,(H,23,26,27). The Balaban J connectivity index is 2.03. The first-order valence-electron chi connectivity index (χ1n) is 9.49. The zero-order valence-corrected chi connectivity index (χ0v) is 16.4. The number of unbranched alkanes of at least 4 members (excludes halogenated alkanes) is 1. The number of anilines is 1. The van der Waals surface area contributed by atoms with E-state index in [0.29, 0.717) is 30.8 Å². The molecular formula is C20H27N5O2. The zero-order chi connectivity index (χ0) is 19.6. The van der Waals surface area contributed by atoms with E-state index >= 15 is 0 Å². The molecular weight excluding hydrogens is 342 g/mol. The molecule has 144 valence electrons. The van der Waals surface area contributed by atoms with Gasteiger partial charge in [0.1, 0.15) is 5.82 Å². The van der Waals surface area contributed by atoms with Crippen molar-refractivity contribution < 1.29 is 0 Å². The molecule has 0 saturated heterocycles. The van der Waals surface area contributed by atoms with E-state index in [0.717, 1.165) is 29.9 Å². The van der Waals surface area contributed by atoms with Gasteiger partial charge in [0.2, 0.25) is 0 Å². The number of aromatic amines is 1. The number of aryl methyl sites for hydroxylation is 4. The number of fused-ring (bicyclic) bond motifs is 1. The maximum atomic E-state index is 12.4. The molecule has 3 aromatic rings. The first kappa shape index (κ1) is 18.9. The van der Waals surface area contributed by atoms with Gasteiger partial charge >= 0.3 is 5.69 Å². The molecule has 0 aliphatic rings. The molecule has 0 spiro atoms. The summed E-state index contributed by atoms with van der Waals surface area (Å²) >= 11 is 0. The Hall–Kier alpha value is -2.83. The van der Waals surface area contributed by atoms with Gasteiger partial charge in [-0.1, -0.05) is 31.0 Å². The predicted octanol–water partition coefficient (Wildman–Crippen LogP) is 2.94. The third kappa shape index (κ3) is 3.67. The number of benzene rings is 1. The maximum absolute atomic E-state index is 12.4. The van der Waals surface area contributed by atoms with Gasteiger partial charge in [-0.3, -0.25) is 14.3 Å². The molecule has 0 unspecified atom stereocenters. The summed E-state index contributed by atoms with van der Waals surface area (Å²) in [7, 11) is 0. The summed E-state index contributed by atoms with van der Waals surface area (Å²) in [5.74, 6) is 0.744. The van der Waals surface area contributed by atoms with E-state index in [-0.39, 0.29) is 5.56 Å². The number of hydrogen-bond acceptors (Lipinski definition) is 4. The van der Waals surface area contributed by atoms with Crippen LogP contribution in [0.3, 0.4) is 0 Å². The summed E-state index contributed by atoms with van der Waals surface area (Å²) < 4.78 is 3.46. The molecule has 0 aliphatic heterocycles. The van der Waals surface area contributed by atoms with E-state index in [9.17, 15) is 9.59 Å². The van der Waals surface area contributed by atoms with Crippen molar-refractivity contribution >= 4 is 16.9 Å². The normalized spacial score (nSPS) is 11.3. The molecule has 7 heteroatoms. The fourth-order valence-electron chi connectivity index (χ4n) is 3.40. The maximum Gasteiger partial charge on any atom is 0.330 e. The van der Waals surface area contributed by atoms with Gasteiger partial charge in [-0.2, -0.15) is 0 Å². The van der Waals surface area contributed by atoms with Gasteiger partial charge in [-0.25, -0.2) is 9.78 Å². The topological polar surface area (TPSA) is 84.7 Å². The van der Waals surface area contributed by atoms with E-state index in [2.05, 4.69) is 48.2 Å². The average molecular weight is 369 g/mol. The molecule has 0 aliphatic carbocycles. The SMILES string of the molecule is CCCCn1c(=O)[nH]c(=O)c2c1nc(CNc1ccc(C)cc1C)n2CC. The van der Waals surface area contributed by atoms with Crippen LogP contribution in [0.1, 0.15) is 43.6 Å². The highest BCUT2D eigenvalue weighted by Crippen LogP contribution is 2.18. The quantitative estimate of drug-likeness (QED) is 0.671. The van der Waals surface area contributed by atoms with E-state index < -0.39 is 5.69 Å². The Kier molecular flexibility index (Phi) is 5.48. The van der Waals surface area contributed by atoms with Crippen molar-refractivity contribution in [2.75, 3.05) is 5.32 Å². The number of nitrogens with zero attached hydrogens (tertiary/aromatic N) is 3. The number of rotatable bonds is 7. The van der Waals surface area contributed by atoms with Crippen LogP contribution in [0, 0.1) is 13.8 Å². The van der Waals surface area contributed by atoms with Gasteiger partial charge in [-0.05, 0) is 38.8 Å². The molecule has 0 saturated carbocycles. The van der Waals surface area contributed by atoms with Gasteiger partial charge in [0, 0.05) is 18.8 Å². The summed E-state index contributed by atoms with van der Waals surface area (Å²) in [6.45, 7) is 9.80. The van der Waals surface area contributed by atoms with Crippen LogP contribution in [0.5, 0.6) is 0 Å². The highest BCUT2D eigenvalue weighted by Gasteiger charge is 2.17. The second-order valence-corrected chi connectivity index (χ2v) is 6.88. The zero-order valence-electron chi connectivity index (χ0n) is 16.4. The van der Waals surface area contributed by atoms with Crippen LogP contribution in [0.4, 0.5) is 5.69 Å². The van der Waals surface area contributed by atoms with E-state index in [1.165, 1.54) is 5.56 Å². The lowest BCUT2D eigenvalue weighted by atomic mass is 10.1. The van der Waals surface area contributed by atoms with Gasteiger partial charge in [0.05, 0.1) is 6.54 Å². The first-order valence-corrected chi connectivity index (χ1v) is 9.49. The van der Waals surface area contributed by atoms with Gasteiger partial charge in [0.15, 0.2) is 11.2 Å². The molecule has 0 radical (unpaired) electrons. The summed E-state index contributed by atoms with van der Waals surface area (Å²) in [6.07, 6.45) is 1.82. The minimum Gasteiger partial charge on any atom is -0.378 e. The predicted molar refractivity (Wildman–Crippen MR) is 108 cm³/mol. The van der Waals surface area contributed by atoms with Crippen molar-refractivity contribution in [1.82, 2.24) is 19.1 Å². The number of imidazole rings is 1. The van der Waals surface area contributed by atoms with Gasteiger partial charge in [-0.15, -0.1) is 0 Å². The summed E-state index contributed by atoms with van der Waals surface area (Å²) in [6, 6.07) is 6.23. The van der Waals surface area contributed by atoms with E-state index in [1.54, 1.807) is 4.57 Å². The molecule has 0 bridgehead atoms. The summed E-state index contributed by atoms with van der Waals surface area (Å²) in [5.41, 5.74) is 3.57. The van der Waals surface area contributed by atoms with Crippen LogP contribution in [0.15, 0.2) is 27.8 Å². The number of aromatic nitrogens is 4. The van der Waals surface area contributed by atoms with Crippen LogP contribution in [-0.2, 0) is 19.6 Å². The highest BCUT2D eigenvalue weighted by molar-refractivity contribution is 5.71. The van der Waals surface area contributed by atoms with Crippen LogP contribution in [0.25, 0.3) is 11.2 Å². The largest absolute Gasteiger partial charge is 0.378 e. The first-order chi connectivity index (χ1) is 13.0. The monoisotopic (exact) mass is 369 g/mol. The second kappa shape index (κ2) is 7.82. The Morgan fingerprint density at radius 2 is 1.93 bits per heavy atom. The summed E-state index contributed by atoms with van der Waals surface area (Å²) in [5, 5.41) is 3.41. The third-order valence-corrected chi connectivity index (χ3v) is 4.83. The van der Waals surface area contributed by atoms with Crippen LogP contribution in [0.2, 0.25) is 0 Å². The van der Waals surface area contributed by atoms with Crippen molar-refractivity contribution in [3.8, 4) is 0 Å². The fraction of sp³-hybridized carbons (Fsp3) is 0.450. The molecule has 0 atom stereocenters. The smallest absolute Gasteiger partial charge is 0.330 e. The Morgan fingerprint density at radius 1 is 1.15 bits per heavy atom. The molecule has 1 aromatic carbocycles. The van der Waals surface area contributed by atoms with Crippen LogP contribution >= 0.6 is 0 Å². The van der Waals surface area contributed by atoms with E-state index in [1.807, 2.05) is 17.6 Å². The second-order valence-electron chi connectivity index (χ2n) is 6.88. The van der Waals surface area contributed by atoms with E-state index in [4.69, 9.17) is 0 Å². The van der Waals surface area contributed by atoms with Crippen molar-refractivity contribution in [1.29, 1.82) is 0 Å². The van der Waals surface area contributed by atoms with Crippen molar-refractivity contribution in [3.63, 3.8) is 0 Å².